The molecule has 4 heterocycles. The van der Waals surface area contributed by atoms with Crippen molar-refractivity contribution in [3.63, 3.8) is 0 Å². The molecule has 13 heteroatoms. The fourth-order valence-electron chi connectivity index (χ4n) is 4.00. The van der Waals surface area contributed by atoms with E-state index < -0.39 is 12.1 Å². The van der Waals surface area contributed by atoms with E-state index in [0.717, 1.165) is 24.0 Å². The van der Waals surface area contributed by atoms with Gasteiger partial charge in [0.2, 0.25) is 0 Å². The van der Waals surface area contributed by atoms with E-state index in [2.05, 4.69) is 16.1 Å². The number of nitrogens with zero attached hydrogens (tertiary/aromatic N) is 4. The minimum absolute atomic E-state index is 0.0516. The van der Waals surface area contributed by atoms with E-state index in [1.807, 2.05) is 25.5 Å². The molecule has 1 N–H and O–H groups in total. The summed E-state index contributed by atoms with van der Waals surface area (Å²) in [4.78, 5) is 27.6. The predicted molar refractivity (Wildman–Crippen MR) is 119 cm³/mol. The molecule has 0 aromatic carbocycles. The molecule has 2 aliphatic heterocycles. The predicted octanol–water partition coefficient (Wildman–Crippen LogP) is 2.46. The number of alkyl halides is 3. The van der Waals surface area contributed by atoms with E-state index in [4.69, 9.17) is 24.1 Å². The molecule has 2 aliphatic rings. The molecule has 0 aliphatic carbocycles. The van der Waals surface area contributed by atoms with Crippen molar-refractivity contribution in [3.8, 4) is 0 Å². The fourth-order valence-corrected chi connectivity index (χ4v) is 4.00. The largest absolute Gasteiger partial charge is 0.490 e. The minimum atomic E-state index is -5.08. The molecule has 36 heavy (non-hydrogen) atoms. The Balaban J connectivity index is 0.000000454. The van der Waals surface area contributed by atoms with Crippen molar-refractivity contribution in [2.45, 2.75) is 50.8 Å². The van der Waals surface area contributed by atoms with Crippen molar-refractivity contribution in [1.29, 1.82) is 0 Å². The molecule has 0 radical (unpaired) electrons. The Morgan fingerprint density at radius 2 is 2.03 bits per heavy atom. The Labute approximate surface area is 205 Å². The SMILES string of the molecule is COCCn1ccc(C(=O)N2CC3(CC(OCc4cncc(C)c4)CCO3)C2)n1.O=C(O)C(F)(F)F. The summed E-state index contributed by atoms with van der Waals surface area (Å²) in [6.07, 6.45) is 2.22. The van der Waals surface area contributed by atoms with Crippen molar-refractivity contribution < 1.29 is 42.1 Å². The van der Waals surface area contributed by atoms with Gasteiger partial charge in [-0.2, -0.15) is 18.3 Å². The van der Waals surface area contributed by atoms with Gasteiger partial charge in [0.15, 0.2) is 0 Å². The number of hydrogen-bond acceptors (Lipinski definition) is 7. The summed E-state index contributed by atoms with van der Waals surface area (Å²) in [7, 11) is 1.65. The Morgan fingerprint density at radius 3 is 2.67 bits per heavy atom. The number of rotatable bonds is 7. The van der Waals surface area contributed by atoms with Crippen molar-refractivity contribution in [3.05, 3.63) is 47.5 Å². The molecule has 2 saturated heterocycles. The number of aliphatic carboxylic acids is 1. The van der Waals surface area contributed by atoms with Crippen LogP contribution in [0.4, 0.5) is 13.2 Å². The number of pyridine rings is 1. The summed E-state index contributed by atoms with van der Waals surface area (Å²) in [5.74, 6) is -2.81. The van der Waals surface area contributed by atoms with Gasteiger partial charge in [0, 0.05) is 38.7 Å². The third-order valence-corrected chi connectivity index (χ3v) is 5.74. The lowest BCUT2D eigenvalue weighted by Gasteiger charge is -2.52. The number of halogens is 3. The van der Waals surface area contributed by atoms with Crippen LogP contribution in [0.25, 0.3) is 0 Å². The lowest BCUT2D eigenvalue weighted by atomic mass is 9.84. The van der Waals surface area contributed by atoms with Gasteiger partial charge in [-0.1, -0.05) is 6.07 Å². The molecular formula is C23H29F3N4O6. The van der Waals surface area contributed by atoms with Crippen LogP contribution in [0, 0.1) is 6.92 Å². The highest BCUT2D eigenvalue weighted by Crippen LogP contribution is 2.36. The number of carboxylic acids is 1. The molecule has 2 fully saturated rings. The zero-order valence-electron chi connectivity index (χ0n) is 20.0. The standard InChI is InChI=1S/C21H28N4O4.C2HF3O2/c1-16-9-17(12-22-11-16)13-28-18-4-7-29-21(10-18)14-24(15-21)20(26)19-3-5-25(23-19)6-8-27-2;3-2(4,5)1(6)7/h3,5,9,11-12,18H,4,6-8,10,13-15H2,1-2H3;(H,6,7). The molecule has 1 spiro atoms. The maximum atomic E-state index is 12.7. The first-order valence-electron chi connectivity index (χ1n) is 11.3. The van der Waals surface area contributed by atoms with E-state index in [-0.39, 0.29) is 17.6 Å². The number of aromatic nitrogens is 3. The van der Waals surface area contributed by atoms with Crippen LogP contribution in [0.15, 0.2) is 30.7 Å². The molecule has 0 bridgehead atoms. The van der Waals surface area contributed by atoms with Crippen LogP contribution < -0.4 is 0 Å². The second-order valence-electron chi connectivity index (χ2n) is 8.75. The van der Waals surface area contributed by atoms with Crippen molar-refractivity contribution in [2.24, 2.45) is 0 Å². The number of likely N-dealkylation sites (tertiary alicyclic amines) is 1. The average molecular weight is 515 g/mol. The quantitative estimate of drug-likeness (QED) is 0.599. The number of aryl methyl sites for hydroxylation is 1. The molecular weight excluding hydrogens is 485 g/mol. The van der Waals surface area contributed by atoms with Gasteiger partial charge < -0.3 is 24.2 Å². The highest BCUT2D eigenvalue weighted by molar-refractivity contribution is 5.93. The van der Waals surface area contributed by atoms with Gasteiger partial charge in [-0.3, -0.25) is 14.5 Å². The van der Waals surface area contributed by atoms with Crippen molar-refractivity contribution in [1.82, 2.24) is 19.7 Å². The third-order valence-electron chi connectivity index (χ3n) is 5.74. The Kier molecular flexibility index (Phi) is 9.03. The zero-order valence-corrected chi connectivity index (χ0v) is 20.0. The molecule has 1 unspecified atom stereocenters. The van der Waals surface area contributed by atoms with Gasteiger partial charge in [0.25, 0.3) is 5.91 Å². The summed E-state index contributed by atoms with van der Waals surface area (Å²) in [5.41, 5.74) is 2.39. The van der Waals surface area contributed by atoms with Crippen LogP contribution in [0.5, 0.6) is 0 Å². The monoisotopic (exact) mass is 514 g/mol. The lowest BCUT2D eigenvalue weighted by Crippen LogP contribution is -2.67. The van der Waals surface area contributed by atoms with Gasteiger partial charge in [-0.15, -0.1) is 0 Å². The summed E-state index contributed by atoms with van der Waals surface area (Å²) in [6, 6.07) is 3.85. The number of carbonyl (C=O) groups excluding carboxylic acids is 1. The van der Waals surface area contributed by atoms with Gasteiger partial charge >= 0.3 is 12.1 Å². The molecule has 10 nitrogen and oxygen atoms in total. The number of carbonyl (C=O) groups is 2. The normalized spacial score (nSPS) is 18.8. The molecule has 2 aromatic rings. The molecule has 0 saturated carbocycles. The molecule has 2 aromatic heterocycles. The van der Waals surface area contributed by atoms with Gasteiger partial charge in [0.1, 0.15) is 11.3 Å². The van der Waals surface area contributed by atoms with E-state index in [1.165, 1.54) is 0 Å². The van der Waals surface area contributed by atoms with Crippen LogP contribution in [0.1, 0.15) is 34.5 Å². The van der Waals surface area contributed by atoms with Crippen LogP contribution in [-0.4, -0.2) is 87.9 Å². The molecule has 4 rings (SSSR count). The molecule has 1 atom stereocenters. The maximum absolute atomic E-state index is 12.7. The van der Waals surface area contributed by atoms with E-state index in [0.29, 0.717) is 45.1 Å². The topological polar surface area (TPSA) is 116 Å². The Hall–Kier alpha value is -3.03. The summed E-state index contributed by atoms with van der Waals surface area (Å²) in [6.45, 7) is 5.61. The highest BCUT2D eigenvalue weighted by atomic mass is 19.4. The fraction of sp³-hybridized carbons (Fsp3) is 0.565. The van der Waals surface area contributed by atoms with Crippen molar-refractivity contribution in [2.75, 3.05) is 33.4 Å². The number of methoxy groups -OCH3 is 1. The average Bonchev–Trinajstić information content (AvgIpc) is 3.28. The van der Waals surface area contributed by atoms with Crippen molar-refractivity contribution >= 4 is 11.9 Å². The van der Waals surface area contributed by atoms with Gasteiger partial charge in [-0.05, 0) is 30.5 Å². The molecule has 1 amide bonds. The number of amides is 1. The number of ether oxygens (including phenoxy) is 3. The van der Waals surface area contributed by atoms with E-state index >= 15 is 0 Å². The third kappa shape index (κ3) is 7.48. The van der Waals surface area contributed by atoms with E-state index in [1.54, 1.807) is 22.8 Å². The first-order valence-corrected chi connectivity index (χ1v) is 11.3. The summed E-state index contributed by atoms with van der Waals surface area (Å²) in [5, 5.41) is 11.5. The van der Waals surface area contributed by atoms with Crippen LogP contribution in [0.3, 0.4) is 0 Å². The zero-order chi connectivity index (χ0) is 26.3. The Morgan fingerprint density at radius 1 is 1.31 bits per heavy atom. The second kappa shape index (κ2) is 11.8. The van der Waals surface area contributed by atoms with Crippen LogP contribution in [0.2, 0.25) is 0 Å². The summed E-state index contributed by atoms with van der Waals surface area (Å²) < 4.78 is 50.7. The lowest BCUT2D eigenvalue weighted by molar-refractivity contribution is -0.192. The Bertz CT molecular complexity index is 1040. The van der Waals surface area contributed by atoms with Gasteiger partial charge in [-0.25, -0.2) is 4.79 Å². The first-order chi connectivity index (χ1) is 17.0. The number of hydrogen-bond donors (Lipinski definition) is 1. The maximum Gasteiger partial charge on any atom is 0.490 e. The van der Waals surface area contributed by atoms with E-state index in [9.17, 15) is 18.0 Å². The number of carboxylic acid groups (broad SMARTS) is 1. The first kappa shape index (κ1) is 27.6. The minimum Gasteiger partial charge on any atom is -0.475 e. The summed E-state index contributed by atoms with van der Waals surface area (Å²) >= 11 is 0. The van der Waals surface area contributed by atoms with Crippen LogP contribution >= 0.6 is 0 Å². The second-order valence-corrected chi connectivity index (χ2v) is 8.75. The van der Waals surface area contributed by atoms with Crippen LogP contribution in [-0.2, 0) is 32.2 Å². The molecule has 198 valence electrons. The highest BCUT2D eigenvalue weighted by Gasteiger charge is 2.50. The smallest absolute Gasteiger partial charge is 0.475 e. The van der Waals surface area contributed by atoms with Gasteiger partial charge in [0.05, 0.1) is 39.0 Å².